The molecule has 0 aromatic heterocycles. The Morgan fingerprint density at radius 3 is 0.850 bits per heavy atom. The van der Waals surface area contributed by atoms with E-state index in [-0.39, 0.29) is 29.5 Å². The zero-order valence-electron chi connectivity index (χ0n) is 33.4. The van der Waals surface area contributed by atoms with Gasteiger partial charge in [-0.05, 0) is 52.8 Å². The molecule has 0 fully saturated rings. The molecule has 294 valence electrons. The monoisotopic (exact) mass is 787 g/mol. The Kier molecular flexibility index (Phi) is 17.5. The van der Waals surface area contributed by atoms with Gasteiger partial charge in [-0.25, -0.2) is 14.5 Å². The lowest BCUT2D eigenvalue weighted by molar-refractivity contribution is -0.138. The first kappa shape index (κ1) is 44.3. The zero-order chi connectivity index (χ0) is 43.1. The summed E-state index contributed by atoms with van der Waals surface area (Å²) in [6.45, 7) is 25.3. The second-order valence-corrected chi connectivity index (χ2v) is 12.5. The molecule has 0 heterocycles. The molecule has 0 amide bonds. The molecule has 0 aliphatic rings. The van der Waals surface area contributed by atoms with Gasteiger partial charge in [0.2, 0.25) is 5.70 Å². The minimum absolute atomic E-state index is 0.00856. The number of ether oxygens (including phenoxy) is 2. The minimum Gasteiger partial charge on any atom is -0.474 e. The first-order valence-corrected chi connectivity index (χ1v) is 18.7. The van der Waals surface area contributed by atoms with Gasteiger partial charge in [-0.15, -0.1) is 0 Å². The summed E-state index contributed by atoms with van der Waals surface area (Å²) in [4.78, 5) is 45.8. The number of allylic oxidation sites excluding steroid dienone is 1. The third kappa shape index (κ3) is 12.1. The maximum atomic E-state index is 12.1. The number of ketones is 1. The Morgan fingerprint density at radius 2 is 0.650 bits per heavy atom. The molecular weight excluding hydrogens is 747 g/mol. The quantitative estimate of drug-likeness (QED) is 0.0784. The van der Waals surface area contributed by atoms with E-state index in [1.165, 1.54) is 14.0 Å². The van der Waals surface area contributed by atoms with Crippen LogP contribution in [0.2, 0.25) is 0 Å². The first-order chi connectivity index (χ1) is 29.3. The van der Waals surface area contributed by atoms with E-state index in [0.29, 0.717) is 16.7 Å². The largest absolute Gasteiger partial charge is 0.474 e. The van der Waals surface area contributed by atoms with Crippen molar-refractivity contribution in [3.05, 3.63) is 267 Å². The predicted octanol–water partition coefficient (Wildman–Crippen LogP) is 11.4. The molecule has 6 aromatic rings. The van der Waals surface area contributed by atoms with Gasteiger partial charge >= 0.3 is 11.9 Å². The standard InChI is InChI=1S/C18H15NO2.C17H13NO2.C17H13NO/c1-3-21-18(20)17(19-2)16(14-10-6-4-7-11-14)15-12-8-5-9-13-15;1-18-16(17(19)20-2)15(13-9-5-3-6-10-13)14-11-7-4-8-12-14;1-13(19)17(18-2)16(14-9-5-3-6-10-14)15-11-7-4-8-12-15/h4-13H,3H2,1H3;3-12H,2H3;3-12H,1H3. The molecule has 0 spiro atoms. The van der Waals surface area contributed by atoms with Gasteiger partial charge in [-0.1, -0.05) is 182 Å². The van der Waals surface area contributed by atoms with Crippen molar-refractivity contribution in [2.45, 2.75) is 13.8 Å². The van der Waals surface area contributed by atoms with Crippen molar-refractivity contribution in [2.75, 3.05) is 13.7 Å². The number of carbonyl (C=O) groups excluding carboxylic acids is 3. The zero-order valence-corrected chi connectivity index (χ0v) is 33.4. The first-order valence-electron chi connectivity index (χ1n) is 18.7. The molecule has 0 atom stereocenters. The van der Waals surface area contributed by atoms with Crippen molar-refractivity contribution in [2.24, 2.45) is 0 Å². The van der Waals surface area contributed by atoms with Crippen LogP contribution >= 0.6 is 0 Å². The molecule has 0 aliphatic heterocycles. The van der Waals surface area contributed by atoms with Gasteiger partial charge in [-0.3, -0.25) is 9.59 Å². The summed E-state index contributed by atoms with van der Waals surface area (Å²) in [6, 6.07) is 56.7. The summed E-state index contributed by atoms with van der Waals surface area (Å²) in [5.41, 5.74) is 7.11. The number of rotatable bonds is 10. The molecule has 0 N–H and O–H groups in total. The molecule has 6 rings (SSSR count). The Balaban J connectivity index is 0.000000199. The van der Waals surface area contributed by atoms with Gasteiger partial charge in [0.15, 0.2) is 5.78 Å². The van der Waals surface area contributed by atoms with Crippen LogP contribution in [0.25, 0.3) is 31.3 Å². The van der Waals surface area contributed by atoms with E-state index in [4.69, 9.17) is 29.2 Å². The summed E-state index contributed by atoms with van der Waals surface area (Å²) in [6.07, 6.45) is 0. The van der Waals surface area contributed by atoms with Gasteiger partial charge < -0.3 is 14.3 Å². The molecule has 0 unspecified atom stereocenters. The SMILES string of the molecule is [C-]#[N+]C(C(=O)OC)=C(c1ccccc1)c1ccccc1.[C-]#[N+]C(C(=O)OCC)=C(c1ccccc1)c1ccccc1.[C-]#[N+]C(C(C)=O)=C(c1ccccc1)c1ccccc1. The van der Waals surface area contributed by atoms with E-state index < -0.39 is 11.9 Å². The number of hydrogen-bond donors (Lipinski definition) is 0. The van der Waals surface area contributed by atoms with E-state index in [2.05, 4.69) is 14.5 Å². The maximum Gasteiger partial charge on any atom is 0.336 e. The van der Waals surface area contributed by atoms with E-state index in [0.717, 1.165) is 33.4 Å². The number of benzene rings is 6. The Bertz CT molecular complexity index is 2460. The Labute approximate surface area is 351 Å². The number of hydrogen-bond acceptors (Lipinski definition) is 5. The summed E-state index contributed by atoms with van der Waals surface area (Å²) in [5, 5.41) is 0. The lowest BCUT2D eigenvalue weighted by atomic mass is 9.95. The molecule has 60 heavy (non-hydrogen) atoms. The topological polar surface area (TPSA) is 82.8 Å². The fourth-order valence-electron chi connectivity index (χ4n) is 5.96. The third-order valence-electron chi connectivity index (χ3n) is 8.60. The van der Waals surface area contributed by atoms with Crippen LogP contribution in [0, 0.1) is 19.7 Å². The van der Waals surface area contributed by atoms with Gasteiger partial charge in [0, 0.05) is 11.1 Å². The lowest BCUT2D eigenvalue weighted by Gasteiger charge is -2.11. The number of methoxy groups -OCH3 is 1. The average molecular weight is 788 g/mol. The summed E-state index contributed by atoms with van der Waals surface area (Å²) in [5.74, 6) is -1.42. The highest BCUT2D eigenvalue weighted by Gasteiger charge is 2.21. The number of nitrogens with zero attached hydrogens (tertiary/aromatic N) is 3. The summed E-state index contributed by atoms with van der Waals surface area (Å²) >= 11 is 0. The van der Waals surface area contributed by atoms with Gasteiger partial charge in [0.05, 0.1) is 33.4 Å². The second kappa shape index (κ2) is 23.6. The van der Waals surface area contributed by atoms with Crippen LogP contribution < -0.4 is 0 Å². The van der Waals surface area contributed by atoms with E-state index in [1.54, 1.807) is 6.92 Å². The Morgan fingerprint density at radius 1 is 0.417 bits per heavy atom. The second-order valence-electron chi connectivity index (χ2n) is 12.5. The van der Waals surface area contributed by atoms with Crippen LogP contribution in [0.5, 0.6) is 0 Å². The Hall–Kier alpha value is -8.38. The van der Waals surface area contributed by atoms with Crippen molar-refractivity contribution < 1.29 is 23.9 Å². The van der Waals surface area contributed by atoms with Crippen molar-refractivity contribution >= 4 is 34.4 Å². The number of esters is 2. The van der Waals surface area contributed by atoms with Gasteiger partial charge in [-0.2, -0.15) is 0 Å². The van der Waals surface area contributed by atoms with Gasteiger partial charge in [0.1, 0.15) is 0 Å². The van der Waals surface area contributed by atoms with Crippen LogP contribution in [0.4, 0.5) is 0 Å². The number of Topliss-reactive ketones (excluding diaryl/α,β-unsaturated/α-hetero) is 1. The molecule has 0 bridgehead atoms. The van der Waals surface area contributed by atoms with Crippen LogP contribution in [-0.4, -0.2) is 31.4 Å². The van der Waals surface area contributed by atoms with Crippen molar-refractivity contribution in [1.82, 2.24) is 0 Å². The fraction of sp³-hybridized carbons (Fsp3) is 0.0769. The summed E-state index contributed by atoms with van der Waals surface area (Å²) in [7, 11) is 1.28. The minimum atomic E-state index is -0.622. The molecule has 0 saturated heterocycles. The molecule has 6 aromatic carbocycles. The van der Waals surface area contributed by atoms with Crippen molar-refractivity contribution in [1.29, 1.82) is 0 Å². The molecule has 8 heteroatoms. The molecule has 0 aliphatic carbocycles. The van der Waals surface area contributed by atoms with Crippen LogP contribution in [0.15, 0.2) is 199 Å². The molecular formula is C52H41N3O5. The van der Waals surface area contributed by atoms with Crippen molar-refractivity contribution in [3.8, 4) is 0 Å². The molecule has 0 radical (unpaired) electrons. The van der Waals surface area contributed by atoms with E-state index >= 15 is 0 Å². The van der Waals surface area contributed by atoms with E-state index in [9.17, 15) is 14.4 Å². The predicted molar refractivity (Wildman–Crippen MR) is 236 cm³/mol. The molecule has 8 nitrogen and oxygen atoms in total. The lowest BCUT2D eigenvalue weighted by Crippen LogP contribution is -2.08. The third-order valence-corrected chi connectivity index (χ3v) is 8.60. The maximum absolute atomic E-state index is 12.1. The highest BCUT2D eigenvalue weighted by Crippen LogP contribution is 2.30. The van der Waals surface area contributed by atoms with Crippen LogP contribution in [0.3, 0.4) is 0 Å². The smallest absolute Gasteiger partial charge is 0.336 e. The normalized spacial score (nSPS) is 9.47. The fourth-order valence-corrected chi connectivity index (χ4v) is 5.96. The highest BCUT2D eigenvalue weighted by atomic mass is 16.5. The number of carbonyl (C=O) groups is 3. The van der Waals surface area contributed by atoms with Crippen molar-refractivity contribution in [3.63, 3.8) is 0 Å². The highest BCUT2D eigenvalue weighted by molar-refractivity contribution is 6.06. The average Bonchev–Trinajstić information content (AvgIpc) is 3.30. The van der Waals surface area contributed by atoms with Crippen LogP contribution in [0.1, 0.15) is 47.2 Å². The van der Waals surface area contributed by atoms with E-state index in [1.807, 2.05) is 182 Å². The molecule has 0 saturated carbocycles. The van der Waals surface area contributed by atoms with Crippen LogP contribution in [-0.2, 0) is 23.9 Å². The summed E-state index contributed by atoms with van der Waals surface area (Å²) < 4.78 is 9.72. The van der Waals surface area contributed by atoms with Gasteiger partial charge in [0.25, 0.3) is 11.4 Å².